The zero-order valence-electron chi connectivity index (χ0n) is 10.4. The maximum absolute atomic E-state index is 13.9. The van der Waals surface area contributed by atoms with Crippen LogP contribution in [0, 0.1) is 12.7 Å². The van der Waals surface area contributed by atoms with Gasteiger partial charge in [-0.1, -0.05) is 6.07 Å². The summed E-state index contributed by atoms with van der Waals surface area (Å²) in [6.07, 6.45) is 0. The Balaban J connectivity index is 2.19. The molecule has 1 heterocycles. The molecule has 0 aliphatic carbocycles. The maximum Gasteiger partial charge on any atom is 0.146 e. The van der Waals surface area contributed by atoms with Crippen LogP contribution in [0.15, 0.2) is 23.7 Å². The van der Waals surface area contributed by atoms with Crippen molar-refractivity contribution in [2.45, 2.75) is 20.1 Å². The zero-order chi connectivity index (χ0) is 13.1. The lowest BCUT2D eigenvalue weighted by atomic mass is 10.2. The van der Waals surface area contributed by atoms with Gasteiger partial charge in [-0.15, -0.1) is 11.3 Å². The van der Waals surface area contributed by atoms with E-state index in [9.17, 15) is 4.39 Å². The molecule has 1 aromatic heterocycles. The number of anilines is 1. The van der Waals surface area contributed by atoms with Crippen molar-refractivity contribution in [3.63, 3.8) is 0 Å². The van der Waals surface area contributed by atoms with Gasteiger partial charge in [-0.25, -0.2) is 9.37 Å². The second-order valence-corrected chi connectivity index (χ2v) is 5.10. The number of aromatic nitrogens is 1. The highest BCUT2D eigenvalue weighted by atomic mass is 32.1. The van der Waals surface area contributed by atoms with Crippen LogP contribution in [0.2, 0.25) is 0 Å². The average molecular weight is 266 g/mol. The van der Waals surface area contributed by atoms with E-state index in [2.05, 4.69) is 4.98 Å². The van der Waals surface area contributed by atoms with Crippen molar-refractivity contribution >= 4 is 17.0 Å². The summed E-state index contributed by atoms with van der Waals surface area (Å²) in [5.41, 5.74) is 3.89. The number of hydrogen-bond donors (Lipinski definition) is 1. The Morgan fingerprint density at radius 1 is 1.44 bits per heavy atom. The van der Waals surface area contributed by atoms with Crippen molar-refractivity contribution in [1.29, 1.82) is 0 Å². The third-order valence-electron chi connectivity index (χ3n) is 2.83. The number of hydrogen-bond acceptors (Lipinski definition) is 4. The molecule has 5 heteroatoms. The number of aryl methyl sites for hydroxylation is 1. The van der Waals surface area contributed by atoms with Gasteiger partial charge in [-0.3, -0.25) is 0 Å². The quantitative estimate of drug-likeness (QED) is 0.924. The van der Waals surface area contributed by atoms with Crippen LogP contribution >= 0.6 is 11.3 Å². The van der Waals surface area contributed by atoms with E-state index in [1.807, 2.05) is 18.9 Å². The Kier molecular flexibility index (Phi) is 3.93. The first-order valence-corrected chi connectivity index (χ1v) is 6.49. The molecule has 0 aliphatic heterocycles. The number of aliphatic hydroxyl groups excluding tert-OH is 1. The van der Waals surface area contributed by atoms with E-state index in [1.165, 1.54) is 6.07 Å². The molecule has 0 saturated heterocycles. The summed E-state index contributed by atoms with van der Waals surface area (Å²) in [5, 5.41) is 8.95. The summed E-state index contributed by atoms with van der Waals surface area (Å²) in [6.45, 7) is 2.44. The molecule has 0 atom stereocenters. The molecule has 0 bridgehead atoms. The molecule has 0 spiro atoms. The van der Waals surface area contributed by atoms with Gasteiger partial charge in [0.25, 0.3) is 0 Å². The van der Waals surface area contributed by atoms with Gasteiger partial charge in [-0.05, 0) is 24.6 Å². The highest BCUT2D eigenvalue weighted by molar-refractivity contribution is 7.09. The molecular formula is C13H15FN2OS. The van der Waals surface area contributed by atoms with Crippen LogP contribution < -0.4 is 4.90 Å². The number of nitrogens with zero attached hydrogens (tertiary/aromatic N) is 2. The average Bonchev–Trinajstić information content (AvgIpc) is 2.74. The van der Waals surface area contributed by atoms with Gasteiger partial charge in [0.1, 0.15) is 5.82 Å². The van der Waals surface area contributed by atoms with Crippen LogP contribution in [-0.4, -0.2) is 17.1 Å². The summed E-state index contributed by atoms with van der Waals surface area (Å²) in [5.74, 6) is -0.314. The van der Waals surface area contributed by atoms with Crippen molar-refractivity contribution in [1.82, 2.24) is 4.98 Å². The molecule has 1 aromatic carbocycles. The first-order valence-electron chi connectivity index (χ1n) is 5.61. The third kappa shape index (κ3) is 2.68. The lowest BCUT2D eigenvalue weighted by molar-refractivity contribution is 0.281. The van der Waals surface area contributed by atoms with E-state index < -0.39 is 0 Å². The molecule has 0 amide bonds. The van der Waals surface area contributed by atoms with E-state index >= 15 is 0 Å². The predicted molar refractivity (Wildman–Crippen MR) is 71.3 cm³/mol. The first-order chi connectivity index (χ1) is 8.61. The SMILES string of the molecule is Cc1ncsc1CN(C)c1ccc(CO)cc1F. The molecule has 0 radical (unpaired) electrons. The molecule has 0 saturated carbocycles. The minimum atomic E-state index is -0.314. The molecule has 3 nitrogen and oxygen atoms in total. The minimum Gasteiger partial charge on any atom is -0.392 e. The highest BCUT2D eigenvalue weighted by Crippen LogP contribution is 2.23. The van der Waals surface area contributed by atoms with Crippen molar-refractivity contribution in [2.24, 2.45) is 0 Å². The summed E-state index contributed by atoms with van der Waals surface area (Å²) in [7, 11) is 1.84. The van der Waals surface area contributed by atoms with Gasteiger partial charge in [-0.2, -0.15) is 0 Å². The van der Waals surface area contributed by atoms with Crippen LogP contribution in [0.3, 0.4) is 0 Å². The molecule has 0 fully saturated rings. The Bertz CT molecular complexity index is 542. The number of benzene rings is 1. The highest BCUT2D eigenvalue weighted by Gasteiger charge is 2.11. The van der Waals surface area contributed by atoms with E-state index in [1.54, 1.807) is 29.0 Å². The van der Waals surface area contributed by atoms with Crippen molar-refractivity contribution in [2.75, 3.05) is 11.9 Å². The number of rotatable bonds is 4. The first kappa shape index (κ1) is 13.0. The number of thiazole rings is 1. The van der Waals surface area contributed by atoms with Gasteiger partial charge in [0.15, 0.2) is 0 Å². The topological polar surface area (TPSA) is 36.4 Å². The maximum atomic E-state index is 13.9. The second-order valence-electron chi connectivity index (χ2n) is 4.16. The monoisotopic (exact) mass is 266 g/mol. The summed E-state index contributed by atoms with van der Waals surface area (Å²) < 4.78 is 13.9. The van der Waals surface area contributed by atoms with E-state index in [4.69, 9.17) is 5.11 Å². The van der Waals surface area contributed by atoms with E-state index in [0.29, 0.717) is 17.8 Å². The van der Waals surface area contributed by atoms with Crippen LogP contribution in [0.1, 0.15) is 16.1 Å². The second kappa shape index (κ2) is 5.46. The van der Waals surface area contributed by atoms with Crippen molar-refractivity contribution in [3.8, 4) is 0 Å². The Morgan fingerprint density at radius 3 is 2.78 bits per heavy atom. The predicted octanol–water partition coefficient (Wildman–Crippen LogP) is 2.72. The largest absolute Gasteiger partial charge is 0.392 e. The molecule has 96 valence electrons. The van der Waals surface area contributed by atoms with Crippen LogP contribution in [0.5, 0.6) is 0 Å². The Hall–Kier alpha value is -1.46. The van der Waals surface area contributed by atoms with Crippen LogP contribution in [0.25, 0.3) is 0 Å². The van der Waals surface area contributed by atoms with Gasteiger partial charge in [0.05, 0.1) is 30.0 Å². The van der Waals surface area contributed by atoms with Crippen LogP contribution in [-0.2, 0) is 13.2 Å². The smallest absolute Gasteiger partial charge is 0.146 e. The van der Waals surface area contributed by atoms with Gasteiger partial charge in [0.2, 0.25) is 0 Å². The molecule has 0 unspecified atom stereocenters. The normalized spacial score (nSPS) is 10.7. The fourth-order valence-electron chi connectivity index (χ4n) is 1.74. The molecule has 0 aliphatic rings. The standard InChI is InChI=1S/C13H15FN2OS/c1-9-13(18-8-15-9)6-16(2)12-4-3-10(7-17)5-11(12)14/h3-5,8,17H,6-7H2,1-2H3. The Labute approximate surface area is 110 Å². The van der Waals surface area contributed by atoms with Crippen molar-refractivity contribution < 1.29 is 9.50 Å². The van der Waals surface area contributed by atoms with Crippen molar-refractivity contribution in [3.05, 3.63) is 45.7 Å². The summed E-state index contributed by atoms with van der Waals surface area (Å²) in [6, 6.07) is 4.79. The third-order valence-corrected chi connectivity index (χ3v) is 3.75. The molecule has 18 heavy (non-hydrogen) atoms. The summed E-state index contributed by atoms with van der Waals surface area (Å²) in [4.78, 5) is 7.15. The van der Waals surface area contributed by atoms with E-state index in [-0.39, 0.29) is 12.4 Å². The number of aliphatic hydroxyl groups is 1. The summed E-state index contributed by atoms with van der Waals surface area (Å²) >= 11 is 1.57. The zero-order valence-corrected chi connectivity index (χ0v) is 11.2. The van der Waals surface area contributed by atoms with E-state index in [0.717, 1.165) is 10.6 Å². The fourth-order valence-corrected chi connectivity index (χ4v) is 2.57. The molecule has 1 N–H and O–H groups in total. The fraction of sp³-hybridized carbons (Fsp3) is 0.308. The lowest BCUT2D eigenvalue weighted by Gasteiger charge is -2.19. The minimum absolute atomic E-state index is 0.144. The van der Waals surface area contributed by atoms with Gasteiger partial charge >= 0.3 is 0 Å². The number of halogens is 1. The molecular weight excluding hydrogens is 251 g/mol. The van der Waals surface area contributed by atoms with Gasteiger partial charge < -0.3 is 10.0 Å². The van der Waals surface area contributed by atoms with Crippen LogP contribution in [0.4, 0.5) is 10.1 Å². The molecule has 2 aromatic rings. The Morgan fingerprint density at radius 2 is 2.22 bits per heavy atom. The molecule has 2 rings (SSSR count). The van der Waals surface area contributed by atoms with Gasteiger partial charge in [0, 0.05) is 11.9 Å². The lowest BCUT2D eigenvalue weighted by Crippen LogP contribution is -2.17.